The number of ether oxygens (including phenoxy) is 1. The quantitative estimate of drug-likeness (QED) is 0.892. The van der Waals surface area contributed by atoms with E-state index in [0.717, 1.165) is 6.42 Å². The van der Waals surface area contributed by atoms with Crippen LogP contribution in [0.15, 0.2) is 24.3 Å². The summed E-state index contributed by atoms with van der Waals surface area (Å²) in [6, 6.07) is 6.76. The van der Waals surface area contributed by atoms with Gasteiger partial charge >= 0.3 is 6.18 Å². The highest BCUT2D eigenvalue weighted by Gasteiger charge is 2.47. The van der Waals surface area contributed by atoms with Gasteiger partial charge in [0.25, 0.3) is 0 Å². The molecule has 0 saturated heterocycles. The molecule has 118 valence electrons. The number of aliphatic hydroxyl groups is 1. The van der Waals surface area contributed by atoms with Gasteiger partial charge in [0.2, 0.25) is 0 Å². The molecular weight excluding hydrogens is 281 g/mol. The third-order valence-corrected chi connectivity index (χ3v) is 4.05. The lowest BCUT2D eigenvalue weighted by atomic mass is 9.74. The normalized spacial score (nSPS) is 26.6. The molecule has 0 aromatic heterocycles. The molecule has 2 unspecified atom stereocenters. The van der Waals surface area contributed by atoms with E-state index in [1.54, 1.807) is 24.3 Å². The van der Waals surface area contributed by atoms with Crippen LogP contribution in [0.4, 0.5) is 13.2 Å². The molecule has 2 rings (SSSR count). The molecule has 1 N–H and O–H groups in total. The molecule has 0 heterocycles. The summed E-state index contributed by atoms with van der Waals surface area (Å²) in [5, 5.41) is 10.6. The first-order chi connectivity index (χ1) is 9.85. The van der Waals surface area contributed by atoms with Crippen molar-refractivity contribution in [3.63, 3.8) is 0 Å². The first-order valence-electron chi connectivity index (χ1n) is 7.37. The van der Waals surface area contributed by atoms with E-state index in [0.29, 0.717) is 30.8 Å². The summed E-state index contributed by atoms with van der Waals surface area (Å²) in [5.41, 5.74) is -0.845. The predicted molar refractivity (Wildman–Crippen MR) is 74.1 cm³/mol. The first kappa shape index (κ1) is 16.1. The summed E-state index contributed by atoms with van der Waals surface area (Å²) >= 11 is 0. The van der Waals surface area contributed by atoms with Gasteiger partial charge in [0, 0.05) is 0 Å². The molecule has 1 aromatic carbocycles. The maximum absolute atomic E-state index is 12.9. The molecule has 1 fully saturated rings. The fraction of sp³-hybridized carbons (Fsp3) is 0.625. The molecule has 0 bridgehead atoms. The number of alkyl halides is 3. The molecule has 5 heteroatoms. The third kappa shape index (κ3) is 3.90. The van der Waals surface area contributed by atoms with Gasteiger partial charge in [-0.05, 0) is 49.8 Å². The number of rotatable bonds is 4. The minimum atomic E-state index is -4.24. The van der Waals surface area contributed by atoms with E-state index in [9.17, 15) is 18.3 Å². The SMILES string of the molecule is CCCOc1ccc(C2(O)CCCC(C(F)(F)F)C2)cc1. The van der Waals surface area contributed by atoms with Crippen LogP contribution in [0, 0.1) is 5.92 Å². The van der Waals surface area contributed by atoms with Gasteiger partial charge in [-0.3, -0.25) is 0 Å². The van der Waals surface area contributed by atoms with Gasteiger partial charge in [0.1, 0.15) is 5.75 Å². The fourth-order valence-corrected chi connectivity index (χ4v) is 2.88. The van der Waals surface area contributed by atoms with Crippen LogP contribution in [0.3, 0.4) is 0 Å². The van der Waals surface area contributed by atoms with Crippen molar-refractivity contribution in [2.75, 3.05) is 6.61 Å². The van der Waals surface area contributed by atoms with Gasteiger partial charge < -0.3 is 9.84 Å². The summed E-state index contributed by atoms with van der Waals surface area (Å²) in [6.45, 7) is 2.59. The van der Waals surface area contributed by atoms with Crippen LogP contribution in [-0.2, 0) is 5.60 Å². The lowest BCUT2D eigenvalue weighted by Gasteiger charge is -2.38. The molecule has 0 aliphatic heterocycles. The van der Waals surface area contributed by atoms with Gasteiger partial charge in [-0.25, -0.2) is 0 Å². The molecule has 0 amide bonds. The highest BCUT2D eigenvalue weighted by Crippen LogP contribution is 2.46. The van der Waals surface area contributed by atoms with E-state index in [1.165, 1.54) is 0 Å². The average Bonchev–Trinajstić information content (AvgIpc) is 2.45. The van der Waals surface area contributed by atoms with Crippen molar-refractivity contribution in [3.05, 3.63) is 29.8 Å². The topological polar surface area (TPSA) is 29.5 Å². The Bertz CT molecular complexity index is 456. The molecular formula is C16H21F3O2. The standard InChI is InChI=1S/C16H21F3O2/c1-2-10-21-14-7-5-12(6-8-14)15(20)9-3-4-13(11-15)16(17,18)19/h5-8,13,20H,2-4,9-11H2,1H3. The van der Waals surface area contributed by atoms with E-state index in [1.807, 2.05) is 6.92 Å². The van der Waals surface area contributed by atoms with Gasteiger partial charge in [-0.1, -0.05) is 19.1 Å². The smallest absolute Gasteiger partial charge is 0.391 e. The van der Waals surface area contributed by atoms with Crippen LogP contribution in [0.2, 0.25) is 0 Å². The maximum Gasteiger partial charge on any atom is 0.391 e. The van der Waals surface area contributed by atoms with Gasteiger partial charge in [0.15, 0.2) is 0 Å². The third-order valence-electron chi connectivity index (χ3n) is 4.05. The Morgan fingerprint density at radius 1 is 1.29 bits per heavy atom. The van der Waals surface area contributed by atoms with Crippen molar-refractivity contribution in [1.29, 1.82) is 0 Å². The van der Waals surface area contributed by atoms with E-state index in [-0.39, 0.29) is 12.8 Å². The summed E-state index contributed by atoms with van der Waals surface area (Å²) in [5.74, 6) is -0.750. The zero-order valence-corrected chi connectivity index (χ0v) is 12.1. The molecule has 2 nitrogen and oxygen atoms in total. The van der Waals surface area contributed by atoms with Crippen molar-refractivity contribution in [2.45, 2.75) is 50.8 Å². The lowest BCUT2D eigenvalue weighted by molar-refractivity contribution is -0.201. The molecule has 1 aliphatic carbocycles. The second kappa shape index (κ2) is 6.26. The van der Waals surface area contributed by atoms with E-state index in [4.69, 9.17) is 4.74 Å². The van der Waals surface area contributed by atoms with Crippen molar-refractivity contribution in [2.24, 2.45) is 5.92 Å². The van der Waals surface area contributed by atoms with E-state index < -0.39 is 17.7 Å². The van der Waals surface area contributed by atoms with Crippen LogP contribution in [0.1, 0.15) is 44.6 Å². The lowest BCUT2D eigenvalue weighted by Crippen LogP contribution is -2.38. The average molecular weight is 302 g/mol. The molecule has 1 aliphatic rings. The number of halogens is 3. The summed E-state index contributed by atoms with van der Waals surface area (Å²) in [6.07, 6.45) is -2.75. The second-order valence-electron chi connectivity index (χ2n) is 5.74. The maximum atomic E-state index is 12.9. The van der Waals surface area contributed by atoms with Gasteiger partial charge in [0.05, 0.1) is 18.1 Å². The Morgan fingerprint density at radius 2 is 1.95 bits per heavy atom. The zero-order valence-electron chi connectivity index (χ0n) is 12.1. The molecule has 0 radical (unpaired) electrons. The minimum Gasteiger partial charge on any atom is -0.494 e. The highest BCUT2D eigenvalue weighted by atomic mass is 19.4. The monoisotopic (exact) mass is 302 g/mol. The zero-order chi connectivity index (χ0) is 15.5. The minimum absolute atomic E-state index is 0.101. The van der Waals surface area contributed by atoms with Gasteiger partial charge in [-0.15, -0.1) is 0 Å². The molecule has 2 atom stereocenters. The van der Waals surface area contributed by atoms with Crippen molar-refractivity contribution >= 4 is 0 Å². The highest BCUT2D eigenvalue weighted by molar-refractivity contribution is 5.31. The molecule has 1 aromatic rings. The Morgan fingerprint density at radius 3 is 2.52 bits per heavy atom. The van der Waals surface area contributed by atoms with Crippen LogP contribution in [-0.4, -0.2) is 17.9 Å². The molecule has 0 spiro atoms. The predicted octanol–water partition coefficient (Wildman–Crippen LogP) is 4.42. The van der Waals surface area contributed by atoms with Crippen LogP contribution < -0.4 is 4.74 Å². The summed E-state index contributed by atoms with van der Waals surface area (Å²) in [4.78, 5) is 0. The van der Waals surface area contributed by atoms with Crippen LogP contribution in [0.5, 0.6) is 5.75 Å². The first-order valence-corrected chi connectivity index (χ1v) is 7.37. The Balaban J connectivity index is 2.11. The van der Waals surface area contributed by atoms with Crippen molar-refractivity contribution in [3.8, 4) is 5.75 Å². The second-order valence-corrected chi connectivity index (χ2v) is 5.74. The Hall–Kier alpha value is -1.23. The van der Waals surface area contributed by atoms with Crippen LogP contribution in [0.25, 0.3) is 0 Å². The van der Waals surface area contributed by atoms with E-state index >= 15 is 0 Å². The van der Waals surface area contributed by atoms with Crippen molar-refractivity contribution < 1.29 is 23.0 Å². The summed E-state index contributed by atoms with van der Waals surface area (Å²) in [7, 11) is 0. The summed E-state index contributed by atoms with van der Waals surface area (Å²) < 4.78 is 44.1. The van der Waals surface area contributed by atoms with Gasteiger partial charge in [-0.2, -0.15) is 13.2 Å². The largest absolute Gasteiger partial charge is 0.494 e. The number of benzene rings is 1. The van der Waals surface area contributed by atoms with E-state index in [2.05, 4.69) is 0 Å². The van der Waals surface area contributed by atoms with Crippen LogP contribution >= 0.6 is 0 Å². The number of hydrogen-bond donors (Lipinski definition) is 1. The fourth-order valence-electron chi connectivity index (χ4n) is 2.88. The van der Waals surface area contributed by atoms with Crippen molar-refractivity contribution in [1.82, 2.24) is 0 Å². The Kier molecular flexibility index (Phi) is 4.81. The molecule has 21 heavy (non-hydrogen) atoms. The Labute approximate surface area is 122 Å². The molecule has 1 saturated carbocycles. The number of hydrogen-bond acceptors (Lipinski definition) is 2.